The summed E-state index contributed by atoms with van der Waals surface area (Å²) in [5, 5.41) is 0. The molecule has 0 radical (unpaired) electrons. The van der Waals surface area contributed by atoms with Gasteiger partial charge in [0.15, 0.2) is 6.29 Å². The van der Waals surface area contributed by atoms with Gasteiger partial charge in [0.25, 0.3) is 0 Å². The third kappa shape index (κ3) is 3.70. The summed E-state index contributed by atoms with van der Waals surface area (Å²) in [5.74, 6) is 1.01. The van der Waals surface area contributed by atoms with Crippen molar-refractivity contribution in [2.24, 2.45) is 5.92 Å². The van der Waals surface area contributed by atoms with Gasteiger partial charge < -0.3 is 14.4 Å². The zero-order valence-electron chi connectivity index (χ0n) is 10.5. The summed E-state index contributed by atoms with van der Waals surface area (Å²) in [5.41, 5.74) is 0. The van der Waals surface area contributed by atoms with E-state index in [1.807, 2.05) is 0 Å². The Balaban J connectivity index is 1.63. The van der Waals surface area contributed by atoms with Crippen molar-refractivity contribution in [3.63, 3.8) is 0 Å². The van der Waals surface area contributed by atoms with Gasteiger partial charge in [-0.1, -0.05) is 0 Å². The molecular formula is C12H24N2O2. The van der Waals surface area contributed by atoms with Gasteiger partial charge in [-0.3, -0.25) is 4.90 Å². The molecule has 1 aliphatic heterocycles. The van der Waals surface area contributed by atoms with E-state index in [1.54, 1.807) is 14.2 Å². The lowest BCUT2D eigenvalue weighted by atomic mass is 10.3. The molecule has 0 amide bonds. The minimum absolute atomic E-state index is 0.0741. The molecule has 16 heavy (non-hydrogen) atoms. The van der Waals surface area contributed by atoms with Crippen molar-refractivity contribution >= 4 is 0 Å². The average molecular weight is 228 g/mol. The average Bonchev–Trinajstić information content (AvgIpc) is 3.12. The quantitative estimate of drug-likeness (QED) is 0.623. The first kappa shape index (κ1) is 12.3. The fourth-order valence-electron chi connectivity index (χ4n) is 2.28. The van der Waals surface area contributed by atoms with Crippen molar-refractivity contribution in [3.05, 3.63) is 0 Å². The Hall–Kier alpha value is -0.160. The zero-order chi connectivity index (χ0) is 11.4. The van der Waals surface area contributed by atoms with E-state index in [0.29, 0.717) is 0 Å². The normalized spacial score (nSPS) is 24.2. The van der Waals surface area contributed by atoms with Crippen LogP contribution in [0.2, 0.25) is 0 Å². The molecule has 1 heterocycles. The van der Waals surface area contributed by atoms with Crippen molar-refractivity contribution in [3.8, 4) is 0 Å². The van der Waals surface area contributed by atoms with Crippen molar-refractivity contribution in [2.75, 3.05) is 53.5 Å². The number of hydrogen-bond donors (Lipinski definition) is 0. The van der Waals surface area contributed by atoms with Crippen LogP contribution in [0.1, 0.15) is 12.8 Å². The lowest BCUT2D eigenvalue weighted by Gasteiger charge is -2.35. The third-order valence-electron chi connectivity index (χ3n) is 3.61. The predicted molar refractivity (Wildman–Crippen MR) is 63.4 cm³/mol. The Kier molecular flexibility index (Phi) is 4.58. The molecule has 0 aromatic heterocycles. The molecule has 1 saturated carbocycles. The number of hydrogen-bond acceptors (Lipinski definition) is 4. The monoisotopic (exact) mass is 228 g/mol. The fraction of sp³-hybridized carbons (Fsp3) is 1.00. The largest absolute Gasteiger partial charge is 0.355 e. The van der Waals surface area contributed by atoms with E-state index in [9.17, 15) is 0 Å². The van der Waals surface area contributed by atoms with E-state index >= 15 is 0 Å². The lowest BCUT2D eigenvalue weighted by Crippen LogP contribution is -2.49. The van der Waals surface area contributed by atoms with E-state index < -0.39 is 0 Å². The minimum atomic E-state index is -0.0741. The molecule has 0 aromatic carbocycles. The van der Waals surface area contributed by atoms with E-state index in [1.165, 1.54) is 32.5 Å². The van der Waals surface area contributed by atoms with Crippen LogP contribution in [0.15, 0.2) is 0 Å². The summed E-state index contributed by atoms with van der Waals surface area (Å²) < 4.78 is 10.5. The van der Waals surface area contributed by atoms with Gasteiger partial charge in [-0.15, -0.1) is 0 Å². The van der Waals surface area contributed by atoms with E-state index in [4.69, 9.17) is 9.47 Å². The van der Waals surface area contributed by atoms with Gasteiger partial charge in [0.05, 0.1) is 0 Å². The van der Waals surface area contributed by atoms with E-state index in [0.717, 1.165) is 25.6 Å². The smallest absolute Gasteiger partial charge is 0.169 e. The Labute approximate surface area is 98.5 Å². The number of methoxy groups -OCH3 is 2. The molecule has 94 valence electrons. The second-order valence-electron chi connectivity index (χ2n) is 4.95. The van der Waals surface area contributed by atoms with E-state index in [2.05, 4.69) is 9.80 Å². The highest BCUT2D eigenvalue weighted by atomic mass is 16.7. The van der Waals surface area contributed by atoms with Gasteiger partial charge in [0.2, 0.25) is 0 Å². The Bertz CT molecular complexity index is 197. The highest BCUT2D eigenvalue weighted by Gasteiger charge is 2.26. The summed E-state index contributed by atoms with van der Waals surface area (Å²) in [6.07, 6.45) is 2.83. The highest BCUT2D eigenvalue weighted by molar-refractivity contribution is 4.80. The molecule has 1 saturated heterocycles. The molecule has 4 nitrogen and oxygen atoms in total. The fourth-order valence-corrected chi connectivity index (χ4v) is 2.28. The van der Waals surface area contributed by atoms with Gasteiger partial charge in [-0.05, 0) is 18.8 Å². The first-order valence-corrected chi connectivity index (χ1v) is 6.32. The van der Waals surface area contributed by atoms with Crippen LogP contribution in [0.5, 0.6) is 0 Å². The van der Waals surface area contributed by atoms with Crippen LogP contribution in [0.25, 0.3) is 0 Å². The molecule has 2 rings (SSSR count). The summed E-state index contributed by atoms with van der Waals surface area (Å²) in [7, 11) is 3.41. The summed E-state index contributed by atoms with van der Waals surface area (Å²) in [6, 6.07) is 0. The minimum Gasteiger partial charge on any atom is -0.355 e. The lowest BCUT2D eigenvalue weighted by molar-refractivity contribution is -0.119. The van der Waals surface area contributed by atoms with Crippen LogP contribution < -0.4 is 0 Å². The van der Waals surface area contributed by atoms with Crippen LogP contribution in [0.4, 0.5) is 0 Å². The topological polar surface area (TPSA) is 24.9 Å². The molecule has 2 fully saturated rings. The Morgan fingerprint density at radius 2 is 1.56 bits per heavy atom. The number of rotatable bonds is 6. The SMILES string of the molecule is COC(CN1CCN(CC2CC2)CC1)OC. The molecule has 0 N–H and O–H groups in total. The predicted octanol–water partition coefficient (Wildman–Crippen LogP) is 0.633. The third-order valence-corrected chi connectivity index (χ3v) is 3.61. The second-order valence-corrected chi connectivity index (χ2v) is 4.95. The summed E-state index contributed by atoms with van der Waals surface area (Å²) >= 11 is 0. The van der Waals surface area contributed by atoms with Crippen LogP contribution in [-0.2, 0) is 9.47 Å². The first-order valence-electron chi connectivity index (χ1n) is 6.32. The molecule has 0 spiro atoms. The van der Waals surface area contributed by atoms with Crippen molar-refractivity contribution < 1.29 is 9.47 Å². The molecule has 0 bridgehead atoms. The Morgan fingerprint density at radius 3 is 2.06 bits per heavy atom. The van der Waals surface area contributed by atoms with E-state index in [-0.39, 0.29) is 6.29 Å². The van der Waals surface area contributed by atoms with Crippen LogP contribution in [0, 0.1) is 5.92 Å². The molecular weight excluding hydrogens is 204 g/mol. The van der Waals surface area contributed by atoms with Gasteiger partial charge in [-0.25, -0.2) is 0 Å². The molecule has 2 aliphatic rings. The molecule has 0 atom stereocenters. The number of piperazine rings is 1. The molecule has 4 heteroatoms. The standard InChI is InChI=1S/C12H24N2O2/c1-15-12(16-2)10-14-7-5-13(6-8-14)9-11-3-4-11/h11-12H,3-10H2,1-2H3. The number of ether oxygens (including phenoxy) is 2. The Morgan fingerprint density at radius 1 is 1.00 bits per heavy atom. The van der Waals surface area contributed by atoms with Gasteiger partial charge in [0.1, 0.15) is 0 Å². The number of nitrogens with zero attached hydrogens (tertiary/aromatic N) is 2. The van der Waals surface area contributed by atoms with Crippen molar-refractivity contribution in [2.45, 2.75) is 19.1 Å². The maximum atomic E-state index is 5.23. The molecule has 1 aliphatic carbocycles. The first-order chi connectivity index (χ1) is 7.81. The van der Waals surface area contributed by atoms with Crippen LogP contribution in [0.3, 0.4) is 0 Å². The van der Waals surface area contributed by atoms with Crippen LogP contribution >= 0.6 is 0 Å². The maximum Gasteiger partial charge on any atom is 0.169 e. The van der Waals surface area contributed by atoms with Gasteiger partial charge >= 0.3 is 0 Å². The highest BCUT2D eigenvalue weighted by Crippen LogP contribution is 2.29. The van der Waals surface area contributed by atoms with Crippen molar-refractivity contribution in [1.82, 2.24) is 9.80 Å². The molecule has 0 aromatic rings. The summed E-state index contributed by atoms with van der Waals surface area (Å²) in [6.45, 7) is 6.93. The maximum absolute atomic E-state index is 5.23. The van der Waals surface area contributed by atoms with Gasteiger partial charge in [0, 0.05) is 53.5 Å². The second kappa shape index (κ2) is 5.96. The zero-order valence-corrected chi connectivity index (χ0v) is 10.5. The molecule has 0 unspecified atom stereocenters. The van der Waals surface area contributed by atoms with Crippen LogP contribution in [-0.4, -0.2) is 69.6 Å². The summed E-state index contributed by atoms with van der Waals surface area (Å²) in [4.78, 5) is 5.03. The van der Waals surface area contributed by atoms with Crippen molar-refractivity contribution in [1.29, 1.82) is 0 Å². The van der Waals surface area contributed by atoms with Gasteiger partial charge in [-0.2, -0.15) is 0 Å².